The predicted octanol–water partition coefficient (Wildman–Crippen LogP) is 2.42. The molecule has 0 amide bonds. The normalized spacial score (nSPS) is 20.2. The van der Waals surface area contributed by atoms with Crippen molar-refractivity contribution in [3.8, 4) is 0 Å². The molecular formula is C9H6F5N. The molecule has 0 spiro atoms. The number of halogens is 5. The molecule has 1 atom stereocenters. The van der Waals surface area contributed by atoms with Crippen LogP contribution in [0.5, 0.6) is 0 Å². The minimum atomic E-state index is -2.12. The van der Waals surface area contributed by atoms with Gasteiger partial charge in [-0.1, -0.05) is 0 Å². The van der Waals surface area contributed by atoms with Crippen LogP contribution < -0.4 is 5.32 Å². The van der Waals surface area contributed by atoms with Gasteiger partial charge in [0.05, 0.1) is 0 Å². The summed E-state index contributed by atoms with van der Waals surface area (Å²) in [4.78, 5) is 0. The Bertz CT molecular complexity index is 384. The molecular weight excluding hydrogens is 217 g/mol. The molecule has 1 heterocycles. The van der Waals surface area contributed by atoms with E-state index in [0.29, 0.717) is 13.0 Å². The molecule has 6 heteroatoms. The van der Waals surface area contributed by atoms with Gasteiger partial charge in [-0.15, -0.1) is 0 Å². The maximum Gasteiger partial charge on any atom is 0.200 e. The zero-order valence-electron chi connectivity index (χ0n) is 7.38. The second-order valence-electron chi connectivity index (χ2n) is 3.28. The smallest absolute Gasteiger partial charge is 0.200 e. The topological polar surface area (TPSA) is 12.0 Å². The van der Waals surface area contributed by atoms with Crippen LogP contribution in [0.2, 0.25) is 0 Å². The fraction of sp³-hybridized carbons (Fsp3) is 0.333. The van der Waals surface area contributed by atoms with Gasteiger partial charge in [0.15, 0.2) is 23.3 Å². The monoisotopic (exact) mass is 223 g/mol. The summed E-state index contributed by atoms with van der Waals surface area (Å²) in [5.74, 6) is -9.39. The number of nitrogens with one attached hydrogen (secondary N) is 1. The zero-order chi connectivity index (χ0) is 11.2. The lowest BCUT2D eigenvalue weighted by atomic mass is 9.96. The minimum absolute atomic E-state index is 0.359. The number of hydrogen-bond acceptors (Lipinski definition) is 1. The van der Waals surface area contributed by atoms with Crippen LogP contribution in [0.4, 0.5) is 22.0 Å². The van der Waals surface area contributed by atoms with Gasteiger partial charge in [0.1, 0.15) is 0 Å². The van der Waals surface area contributed by atoms with Crippen molar-refractivity contribution in [2.24, 2.45) is 0 Å². The summed E-state index contributed by atoms with van der Waals surface area (Å²) in [5, 5.41) is 2.58. The average molecular weight is 223 g/mol. The van der Waals surface area contributed by atoms with Gasteiger partial charge in [-0.3, -0.25) is 0 Å². The Morgan fingerprint density at radius 3 is 1.53 bits per heavy atom. The molecule has 2 rings (SSSR count). The van der Waals surface area contributed by atoms with Crippen LogP contribution in [0.15, 0.2) is 0 Å². The van der Waals surface area contributed by atoms with Crippen molar-refractivity contribution < 1.29 is 22.0 Å². The molecule has 1 N–H and O–H groups in total. The predicted molar refractivity (Wildman–Crippen MR) is 41.6 cm³/mol. The Morgan fingerprint density at radius 2 is 1.20 bits per heavy atom. The fourth-order valence-corrected chi connectivity index (χ4v) is 1.46. The second-order valence-corrected chi connectivity index (χ2v) is 3.28. The van der Waals surface area contributed by atoms with Crippen molar-refractivity contribution in [2.75, 3.05) is 6.54 Å². The van der Waals surface area contributed by atoms with Crippen molar-refractivity contribution in [3.63, 3.8) is 0 Å². The fourth-order valence-electron chi connectivity index (χ4n) is 1.46. The summed E-state index contributed by atoms with van der Waals surface area (Å²) in [6, 6.07) is -0.783. The van der Waals surface area contributed by atoms with E-state index in [1.807, 2.05) is 0 Å². The van der Waals surface area contributed by atoms with E-state index in [-0.39, 0.29) is 0 Å². The molecule has 15 heavy (non-hydrogen) atoms. The summed E-state index contributed by atoms with van der Waals surface area (Å²) < 4.78 is 64.3. The summed E-state index contributed by atoms with van der Waals surface area (Å²) in [7, 11) is 0. The van der Waals surface area contributed by atoms with Crippen LogP contribution in [-0.4, -0.2) is 6.54 Å². The van der Waals surface area contributed by atoms with E-state index in [9.17, 15) is 22.0 Å². The second kappa shape index (κ2) is 3.44. The van der Waals surface area contributed by atoms with Crippen LogP contribution in [0, 0.1) is 29.1 Å². The third-order valence-corrected chi connectivity index (χ3v) is 2.42. The molecule has 82 valence electrons. The number of hydrogen-bond donors (Lipinski definition) is 1. The first kappa shape index (κ1) is 10.4. The Kier molecular flexibility index (Phi) is 2.38. The lowest BCUT2D eigenvalue weighted by Crippen LogP contribution is -2.36. The van der Waals surface area contributed by atoms with Crippen molar-refractivity contribution >= 4 is 0 Å². The van der Waals surface area contributed by atoms with Crippen LogP contribution in [0.3, 0.4) is 0 Å². The molecule has 1 nitrogen and oxygen atoms in total. The van der Waals surface area contributed by atoms with Crippen molar-refractivity contribution in [3.05, 3.63) is 34.6 Å². The first-order valence-electron chi connectivity index (χ1n) is 4.28. The highest BCUT2D eigenvalue weighted by molar-refractivity contribution is 5.28. The van der Waals surface area contributed by atoms with Crippen LogP contribution in [-0.2, 0) is 0 Å². The summed E-state index contributed by atoms with van der Waals surface area (Å²) in [6.07, 6.45) is 0.359. The molecule has 1 aliphatic rings. The maximum absolute atomic E-state index is 13.1. The SMILES string of the molecule is Fc1c(F)c(F)c([C@H]2CCN2)c(F)c1F. The van der Waals surface area contributed by atoms with E-state index in [4.69, 9.17) is 0 Å². The van der Waals surface area contributed by atoms with Crippen LogP contribution >= 0.6 is 0 Å². The van der Waals surface area contributed by atoms with Crippen molar-refractivity contribution in [1.82, 2.24) is 5.32 Å². The quantitative estimate of drug-likeness (QED) is 0.438. The molecule has 1 aliphatic heterocycles. The Hall–Kier alpha value is -1.17. The molecule has 0 unspecified atom stereocenters. The van der Waals surface area contributed by atoms with Crippen molar-refractivity contribution in [1.29, 1.82) is 0 Å². The van der Waals surface area contributed by atoms with Gasteiger partial charge in [0.2, 0.25) is 5.82 Å². The molecule has 1 aromatic rings. The molecule has 0 radical (unpaired) electrons. The largest absolute Gasteiger partial charge is 0.310 e. The highest BCUT2D eigenvalue weighted by atomic mass is 19.2. The highest BCUT2D eigenvalue weighted by Crippen LogP contribution is 2.31. The first-order chi connectivity index (χ1) is 7.04. The lowest BCUT2D eigenvalue weighted by Gasteiger charge is -2.28. The van der Waals surface area contributed by atoms with Gasteiger partial charge in [0.25, 0.3) is 0 Å². The standard InChI is InChI=1S/C9H6F5N/c10-5-4(3-1-2-15-3)6(11)8(13)9(14)7(5)12/h3,15H,1-2H2/t3-/m1/s1. The lowest BCUT2D eigenvalue weighted by molar-refractivity contribution is 0.319. The summed E-state index contributed by atoms with van der Waals surface area (Å²) in [5.41, 5.74) is -0.766. The molecule has 1 fully saturated rings. The van der Waals surface area contributed by atoms with E-state index in [2.05, 4.69) is 5.32 Å². The van der Waals surface area contributed by atoms with Gasteiger partial charge in [-0.05, 0) is 13.0 Å². The Labute approximate surface area is 81.9 Å². The molecule has 0 aliphatic carbocycles. The minimum Gasteiger partial charge on any atom is -0.310 e. The number of rotatable bonds is 1. The summed E-state index contributed by atoms with van der Waals surface area (Å²) in [6.45, 7) is 0.504. The average Bonchev–Trinajstić information content (AvgIpc) is 2.15. The van der Waals surface area contributed by atoms with Gasteiger partial charge in [-0.25, -0.2) is 22.0 Å². The van der Waals surface area contributed by atoms with Gasteiger partial charge in [0, 0.05) is 11.6 Å². The van der Waals surface area contributed by atoms with E-state index in [1.165, 1.54) is 0 Å². The van der Waals surface area contributed by atoms with Crippen LogP contribution in [0.1, 0.15) is 18.0 Å². The van der Waals surface area contributed by atoms with Crippen LogP contribution in [0.25, 0.3) is 0 Å². The molecule has 0 aromatic heterocycles. The van der Waals surface area contributed by atoms with Gasteiger partial charge in [-0.2, -0.15) is 0 Å². The van der Waals surface area contributed by atoms with E-state index in [1.54, 1.807) is 0 Å². The first-order valence-corrected chi connectivity index (χ1v) is 4.28. The van der Waals surface area contributed by atoms with Crippen molar-refractivity contribution in [2.45, 2.75) is 12.5 Å². The summed E-state index contributed by atoms with van der Waals surface area (Å²) >= 11 is 0. The van der Waals surface area contributed by atoms with E-state index >= 15 is 0 Å². The zero-order valence-corrected chi connectivity index (χ0v) is 7.38. The van der Waals surface area contributed by atoms with E-state index < -0.39 is 40.7 Å². The maximum atomic E-state index is 13.1. The van der Waals surface area contributed by atoms with Gasteiger partial charge >= 0.3 is 0 Å². The molecule has 1 aromatic carbocycles. The Balaban J connectivity index is 2.62. The number of benzene rings is 1. The molecule has 0 bridgehead atoms. The highest BCUT2D eigenvalue weighted by Gasteiger charge is 2.32. The third-order valence-electron chi connectivity index (χ3n) is 2.42. The third kappa shape index (κ3) is 1.40. The Morgan fingerprint density at radius 1 is 0.800 bits per heavy atom. The van der Waals surface area contributed by atoms with E-state index in [0.717, 1.165) is 0 Å². The molecule has 1 saturated heterocycles. The van der Waals surface area contributed by atoms with Gasteiger partial charge < -0.3 is 5.32 Å². The molecule has 0 saturated carbocycles.